The van der Waals surface area contributed by atoms with Crippen LogP contribution in [-0.4, -0.2) is 24.5 Å². The molecular weight excluding hydrogens is 198 g/mol. The summed E-state index contributed by atoms with van der Waals surface area (Å²) in [6.07, 6.45) is -0.532. The summed E-state index contributed by atoms with van der Waals surface area (Å²) in [5.41, 5.74) is 0.922. The third-order valence-electron chi connectivity index (χ3n) is 1.68. The fourth-order valence-electron chi connectivity index (χ4n) is 0.973. The van der Waals surface area contributed by atoms with E-state index in [-0.39, 0.29) is 19.8 Å². The van der Waals surface area contributed by atoms with Gasteiger partial charge >= 0.3 is 6.09 Å². The smallest absolute Gasteiger partial charge is 0.407 e. The van der Waals surface area contributed by atoms with Crippen LogP contribution in [0.15, 0.2) is 30.3 Å². The Morgan fingerprint density at radius 3 is 2.73 bits per heavy atom. The molecule has 0 unspecified atom stereocenters. The maximum absolute atomic E-state index is 11.0. The fraction of sp³-hybridized carbons (Fsp3) is 0.300. The number of rotatable bonds is 5. The molecule has 0 saturated heterocycles. The summed E-state index contributed by atoms with van der Waals surface area (Å²) >= 11 is 0. The summed E-state index contributed by atoms with van der Waals surface area (Å²) in [6.45, 7) is 0.483. The van der Waals surface area contributed by atoms with Crippen LogP contribution in [0.4, 0.5) is 4.79 Å². The molecule has 0 aliphatic rings. The van der Waals surface area contributed by atoms with E-state index in [9.17, 15) is 4.79 Å². The van der Waals surface area contributed by atoms with Gasteiger partial charge in [-0.1, -0.05) is 30.3 Å². The standard InChI is InChI=1S/C10H13NO4/c12-10(11-6-7-15-13)14-8-9-4-2-1-3-5-9/h1-5,13H,6-8H2,(H,11,12). The third-order valence-corrected chi connectivity index (χ3v) is 1.68. The van der Waals surface area contributed by atoms with Gasteiger partial charge in [-0.05, 0) is 5.56 Å². The highest BCUT2D eigenvalue weighted by molar-refractivity contribution is 5.67. The zero-order valence-electron chi connectivity index (χ0n) is 8.18. The first-order chi connectivity index (χ1) is 7.33. The van der Waals surface area contributed by atoms with Crippen molar-refractivity contribution in [3.63, 3.8) is 0 Å². The van der Waals surface area contributed by atoms with Gasteiger partial charge in [-0.2, -0.15) is 0 Å². The summed E-state index contributed by atoms with van der Waals surface area (Å²) in [6, 6.07) is 9.36. The Balaban J connectivity index is 2.17. The minimum Gasteiger partial charge on any atom is -0.445 e. The predicted octanol–water partition coefficient (Wildman–Crippen LogP) is 1.40. The minimum atomic E-state index is -0.532. The lowest BCUT2D eigenvalue weighted by Gasteiger charge is -2.05. The molecule has 1 rings (SSSR count). The van der Waals surface area contributed by atoms with Crippen LogP contribution in [0.25, 0.3) is 0 Å². The highest BCUT2D eigenvalue weighted by atomic mass is 17.1. The second-order valence-electron chi connectivity index (χ2n) is 2.82. The maximum Gasteiger partial charge on any atom is 0.407 e. The van der Waals surface area contributed by atoms with Crippen LogP contribution >= 0.6 is 0 Å². The van der Waals surface area contributed by atoms with Crippen molar-refractivity contribution >= 4 is 6.09 Å². The van der Waals surface area contributed by atoms with Gasteiger partial charge in [0.05, 0.1) is 6.61 Å². The van der Waals surface area contributed by atoms with E-state index in [1.165, 1.54) is 0 Å². The Labute approximate surface area is 87.6 Å². The summed E-state index contributed by atoms with van der Waals surface area (Å²) < 4.78 is 4.89. The average molecular weight is 211 g/mol. The molecule has 0 aromatic heterocycles. The number of nitrogens with one attached hydrogen (secondary N) is 1. The van der Waals surface area contributed by atoms with E-state index < -0.39 is 6.09 Å². The first-order valence-electron chi connectivity index (χ1n) is 4.54. The molecule has 0 bridgehead atoms. The van der Waals surface area contributed by atoms with Crippen molar-refractivity contribution in [2.24, 2.45) is 0 Å². The average Bonchev–Trinajstić information content (AvgIpc) is 2.28. The van der Waals surface area contributed by atoms with Crippen molar-refractivity contribution in [1.29, 1.82) is 0 Å². The second kappa shape index (κ2) is 6.80. The van der Waals surface area contributed by atoms with E-state index in [0.29, 0.717) is 0 Å². The quantitative estimate of drug-likeness (QED) is 0.439. The Bertz CT molecular complexity index is 289. The van der Waals surface area contributed by atoms with Gasteiger partial charge in [-0.3, -0.25) is 5.26 Å². The van der Waals surface area contributed by atoms with E-state index in [2.05, 4.69) is 10.2 Å². The molecule has 0 atom stereocenters. The maximum atomic E-state index is 11.0. The Morgan fingerprint density at radius 1 is 1.33 bits per heavy atom. The highest BCUT2D eigenvalue weighted by Crippen LogP contribution is 2.00. The number of carbonyl (C=O) groups is 1. The number of amides is 1. The number of hydrogen-bond acceptors (Lipinski definition) is 4. The summed E-state index contributed by atoms with van der Waals surface area (Å²) in [5.74, 6) is 0. The topological polar surface area (TPSA) is 67.8 Å². The van der Waals surface area contributed by atoms with Crippen LogP contribution in [0.5, 0.6) is 0 Å². The van der Waals surface area contributed by atoms with E-state index >= 15 is 0 Å². The van der Waals surface area contributed by atoms with Crippen molar-refractivity contribution in [2.45, 2.75) is 6.61 Å². The Kier molecular flexibility index (Phi) is 5.21. The van der Waals surface area contributed by atoms with Gasteiger partial charge in [0.15, 0.2) is 0 Å². The van der Waals surface area contributed by atoms with Crippen molar-refractivity contribution in [3.05, 3.63) is 35.9 Å². The van der Waals surface area contributed by atoms with Crippen LogP contribution in [0, 0.1) is 0 Å². The molecule has 15 heavy (non-hydrogen) atoms. The minimum absolute atomic E-state index is 0.0421. The molecule has 82 valence electrons. The Morgan fingerprint density at radius 2 is 2.07 bits per heavy atom. The molecule has 1 amide bonds. The van der Waals surface area contributed by atoms with Crippen molar-refractivity contribution in [3.8, 4) is 0 Å². The van der Waals surface area contributed by atoms with Crippen LogP contribution < -0.4 is 5.32 Å². The number of ether oxygens (including phenoxy) is 1. The van der Waals surface area contributed by atoms with E-state index in [0.717, 1.165) is 5.56 Å². The van der Waals surface area contributed by atoms with Gasteiger partial charge in [-0.15, -0.1) is 0 Å². The molecule has 0 aliphatic heterocycles. The molecule has 0 saturated carbocycles. The summed E-state index contributed by atoms with van der Waals surface area (Å²) in [4.78, 5) is 14.8. The molecule has 5 heteroatoms. The molecule has 2 N–H and O–H groups in total. The summed E-state index contributed by atoms with van der Waals surface area (Å²) in [5, 5.41) is 10.4. The first kappa shape index (κ1) is 11.5. The van der Waals surface area contributed by atoms with Gasteiger partial charge in [0.1, 0.15) is 6.61 Å². The monoisotopic (exact) mass is 211 g/mol. The van der Waals surface area contributed by atoms with Crippen LogP contribution in [0.1, 0.15) is 5.56 Å². The van der Waals surface area contributed by atoms with Gasteiger partial charge in [0.2, 0.25) is 0 Å². The molecule has 0 radical (unpaired) electrons. The normalized spacial score (nSPS) is 9.67. The van der Waals surface area contributed by atoms with E-state index in [1.54, 1.807) is 0 Å². The van der Waals surface area contributed by atoms with Gasteiger partial charge in [-0.25, -0.2) is 9.68 Å². The molecule has 0 heterocycles. The molecular formula is C10H13NO4. The number of alkyl carbamates (subject to hydrolysis) is 1. The fourth-order valence-corrected chi connectivity index (χ4v) is 0.973. The number of carbonyl (C=O) groups excluding carboxylic acids is 1. The molecule has 1 aromatic rings. The molecule has 0 spiro atoms. The lowest BCUT2D eigenvalue weighted by atomic mass is 10.2. The lowest BCUT2D eigenvalue weighted by Crippen LogP contribution is -2.27. The Hall–Kier alpha value is -1.59. The van der Waals surface area contributed by atoms with Crippen LogP contribution in [0.2, 0.25) is 0 Å². The molecule has 1 aromatic carbocycles. The summed E-state index contributed by atoms with van der Waals surface area (Å²) in [7, 11) is 0. The predicted molar refractivity (Wildman–Crippen MR) is 53.2 cm³/mol. The van der Waals surface area contributed by atoms with E-state index in [1.807, 2.05) is 30.3 Å². The lowest BCUT2D eigenvalue weighted by molar-refractivity contribution is -0.240. The molecule has 0 fully saturated rings. The highest BCUT2D eigenvalue weighted by Gasteiger charge is 2.00. The van der Waals surface area contributed by atoms with Gasteiger partial charge in [0, 0.05) is 6.54 Å². The first-order valence-corrected chi connectivity index (χ1v) is 4.54. The van der Waals surface area contributed by atoms with Crippen molar-refractivity contribution in [1.82, 2.24) is 5.32 Å². The zero-order valence-corrected chi connectivity index (χ0v) is 8.18. The van der Waals surface area contributed by atoms with Gasteiger partial charge in [0.25, 0.3) is 0 Å². The van der Waals surface area contributed by atoms with Crippen LogP contribution in [0.3, 0.4) is 0 Å². The van der Waals surface area contributed by atoms with Crippen molar-refractivity contribution in [2.75, 3.05) is 13.2 Å². The molecule has 5 nitrogen and oxygen atoms in total. The van der Waals surface area contributed by atoms with Crippen molar-refractivity contribution < 1.29 is 19.7 Å². The SMILES string of the molecule is O=C(NCCOO)OCc1ccccc1. The third kappa shape index (κ3) is 4.99. The zero-order chi connectivity index (χ0) is 10.9. The largest absolute Gasteiger partial charge is 0.445 e. The number of benzene rings is 1. The second-order valence-corrected chi connectivity index (χ2v) is 2.82. The van der Waals surface area contributed by atoms with Gasteiger partial charge < -0.3 is 10.1 Å². The van der Waals surface area contributed by atoms with Crippen LogP contribution in [-0.2, 0) is 16.2 Å². The van der Waals surface area contributed by atoms with E-state index in [4.69, 9.17) is 9.99 Å². The molecule has 0 aliphatic carbocycles. The number of hydrogen-bond donors (Lipinski definition) is 2.